The van der Waals surface area contributed by atoms with Crippen molar-refractivity contribution in [3.63, 3.8) is 0 Å². The lowest BCUT2D eigenvalue weighted by Crippen LogP contribution is -2.46. The Bertz CT molecular complexity index is 1650. The molecule has 0 aliphatic carbocycles. The van der Waals surface area contributed by atoms with Crippen LogP contribution in [0.2, 0.25) is 0 Å². The van der Waals surface area contributed by atoms with E-state index < -0.39 is 0 Å². The standard InChI is InChI=1S/C32H34N6S2/c1-22-29(30-19-25(35-32(33)39)13-14-31(30)40-22)15-16-38(4,21-26-18-27(37(2)3)20-34-36-26)28-12-8-11-24(17-28)23-9-6-5-7-10-23/h5-14,17-20H,15-16,21H2,1-4H3,(H2-,33,35,39)/p+1. The van der Waals surface area contributed by atoms with Crippen LogP contribution in [0.3, 0.4) is 0 Å². The summed E-state index contributed by atoms with van der Waals surface area (Å²) in [5.41, 5.74) is 13.7. The Balaban J connectivity index is 1.53. The molecular formula is C32H35N6S2+. The molecular weight excluding hydrogens is 533 g/mol. The van der Waals surface area contributed by atoms with Gasteiger partial charge < -0.3 is 16.0 Å². The average Bonchev–Trinajstić information content (AvgIpc) is 3.26. The Morgan fingerprint density at radius 3 is 2.52 bits per heavy atom. The van der Waals surface area contributed by atoms with Gasteiger partial charge in [0, 0.05) is 41.8 Å². The molecule has 0 saturated carbocycles. The van der Waals surface area contributed by atoms with Crippen LogP contribution in [0.15, 0.2) is 85.1 Å². The van der Waals surface area contributed by atoms with E-state index >= 15 is 0 Å². The van der Waals surface area contributed by atoms with Gasteiger partial charge in [0.2, 0.25) is 0 Å². The van der Waals surface area contributed by atoms with E-state index in [1.807, 2.05) is 37.7 Å². The smallest absolute Gasteiger partial charge is 0.168 e. The molecule has 8 heteroatoms. The predicted molar refractivity (Wildman–Crippen MR) is 175 cm³/mol. The number of thiocarbonyl (C=S) groups is 1. The number of benzene rings is 3. The van der Waals surface area contributed by atoms with Crippen molar-refractivity contribution in [2.24, 2.45) is 5.73 Å². The van der Waals surface area contributed by atoms with Gasteiger partial charge in [0.25, 0.3) is 0 Å². The maximum Gasteiger partial charge on any atom is 0.168 e. The van der Waals surface area contributed by atoms with Crippen LogP contribution in [0.5, 0.6) is 0 Å². The Labute approximate surface area is 245 Å². The summed E-state index contributed by atoms with van der Waals surface area (Å²) in [7, 11) is 6.37. The third-order valence-corrected chi connectivity index (χ3v) is 8.64. The molecule has 0 spiro atoms. The van der Waals surface area contributed by atoms with Crippen LogP contribution in [0, 0.1) is 6.92 Å². The summed E-state index contributed by atoms with van der Waals surface area (Å²) < 4.78 is 1.96. The van der Waals surface area contributed by atoms with Gasteiger partial charge in [-0.1, -0.05) is 42.5 Å². The number of fused-ring (bicyclic) bond motifs is 1. The summed E-state index contributed by atoms with van der Waals surface area (Å²) in [6.07, 6.45) is 2.72. The minimum absolute atomic E-state index is 0.274. The molecule has 0 saturated heterocycles. The number of aromatic nitrogens is 2. The normalized spacial score (nSPS) is 12.7. The highest BCUT2D eigenvalue weighted by molar-refractivity contribution is 7.80. The Morgan fingerprint density at radius 2 is 1.77 bits per heavy atom. The molecule has 3 N–H and O–H groups in total. The highest BCUT2D eigenvalue weighted by atomic mass is 32.1. The van der Waals surface area contributed by atoms with Gasteiger partial charge in [0.05, 0.1) is 25.5 Å². The number of nitrogens with one attached hydrogen (secondary N) is 1. The summed E-state index contributed by atoms with van der Waals surface area (Å²) in [6.45, 7) is 3.83. The molecule has 40 heavy (non-hydrogen) atoms. The van der Waals surface area contributed by atoms with Crippen LogP contribution in [0.1, 0.15) is 16.1 Å². The largest absolute Gasteiger partial charge is 0.376 e. The quantitative estimate of drug-likeness (QED) is 0.151. The summed E-state index contributed by atoms with van der Waals surface area (Å²) >= 11 is 6.91. The van der Waals surface area contributed by atoms with Gasteiger partial charge in [-0.25, -0.2) is 0 Å². The highest BCUT2D eigenvalue weighted by Gasteiger charge is 2.28. The van der Waals surface area contributed by atoms with Crippen molar-refractivity contribution < 1.29 is 0 Å². The number of rotatable bonds is 9. The van der Waals surface area contributed by atoms with Crippen LogP contribution in [0.4, 0.5) is 17.1 Å². The molecule has 0 aliphatic heterocycles. The zero-order valence-corrected chi connectivity index (χ0v) is 25.0. The minimum atomic E-state index is 0.274. The molecule has 5 aromatic rings. The number of thiophene rings is 1. The number of nitrogens with zero attached hydrogens (tertiary/aromatic N) is 4. The Kier molecular flexibility index (Phi) is 8.12. The predicted octanol–water partition coefficient (Wildman–Crippen LogP) is 6.77. The van der Waals surface area contributed by atoms with Crippen molar-refractivity contribution in [2.45, 2.75) is 19.9 Å². The maximum absolute atomic E-state index is 5.76. The van der Waals surface area contributed by atoms with E-state index in [0.717, 1.165) is 36.6 Å². The fourth-order valence-electron chi connectivity index (χ4n) is 5.19. The first-order valence-corrected chi connectivity index (χ1v) is 14.5. The number of quaternary nitrogens is 1. The first-order valence-electron chi connectivity index (χ1n) is 13.3. The maximum atomic E-state index is 5.76. The van der Waals surface area contributed by atoms with Gasteiger partial charge in [0.15, 0.2) is 5.11 Å². The van der Waals surface area contributed by atoms with E-state index in [4.69, 9.17) is 18.0 Å². The van der Waals surface area contributed by atoms with E-state index in [0.29, 0.717) is 4.48 Å². The molecule has 5 rings (SSSR count). The first-order chi connectivity index (χ1) is 19.2. The van der Waals surface area contributed by atoms with Crippen LogP contribution in [-0.4, -0.2) is 43.0 Å². The summed E-state index contributed by atoms with van der Waals surface area (Å²) in [6, 6.07) is 27.9. The van der Waals surface area contributed by atoms with Crippen molar-refractivity contribution in [1.29, 1.82) is 0 Å². The monoisotopic (exact) mass is 567 g/mol. The van der Waals surface area contributed by atoms with Crippen molar-refractivity contribution in [1.82, 2.24) is 14.7 Å². The van der Waals surface area contributed by atoms with E-state index in [9.17, 15) is 0 Å². The lowest BCUT2D eigenvalue weighted by molar-refractivity contribution is 0.321. The van der Waals surface area contributed by atoms with Crippen molar-refractivity contribution in [3.05, 3.63) is 101 Å². The van der Waals surface area contributed by atoms with Crippen LogP contribution >= 0.6 is 23.6 Å². The van der Waals surface area contributed by atoms with Gasteiger partial charge >= 0.3 is 0 Å². The lowest BCUT2D eigenvalue weighted by atomic mass is 10.0. The number of nitrogens with two attached hydrogens (primary N) is 1. The van der Waals surface area contributed by atoms with Gasteiger partial charge in [0.1, 0.15) is 17.9 Å². The molecule has 2 heterocycles. The third kappa shape index (κ3) is 6.14. The Hall–Kier alpha value is -3.85. The summed E-state index contributed by atoms with van der Waals surface area (Å²) in [4.78, 5) is 3.40. The fraction of sp³-hybridized carbons (Fsp3) is 0.219. The lowest BCUT2D eigenvalue weighted by Gasteiger charge is -2.34. The van der Waals surface area contributed by atoms with E-state index in [-0.39, 0.29) is 5.11 Å². The van der Waals surface area contributed by atoms with Gasteiger partial charge in [-0.3, -0.25) is 4.48 Å². The second-order valence-corrected chi connectivity index (χ2v) is 12.3. The van der Waals surface area contributed by atoms with E-state index in [1.165, 1.54) is 37.3 Å². The molecule has 204 valence electrons. The Morgan fingerprint density at radius 1 is 1.00 bits per heavy atom. The third-order valence-electron chi connectivity index (χ3n) is 7.41. The molecule has 3 aromatic carbocycles. The SMILES string of the molecule is Cc1sc2ccc(NC(N)=S)cc2c1CC[N+](C)(Cc1cc(N(C)C)cnn1)c1cccc(-c2ccccc2)c1. The van der Waals surface area contributed by atoms with Crippen LogP contribution in [0.25, 0.3) is 21.2 Å². The molecule has 0 bridgehead atoms. The van der Waals surface area contributed by atoms with Gasteiger partial charge in [-0.2, -0.15) is 5.10 Å². The zero-order valence-electron chi connectivity index (χ0n) is 23.4. The van der Waals surface area contributed by atoms with Crippen molar-refractivity contribution in [3.8, 4) is 11.1 Å². The van der Waals surface area contributed by atoms with Crippen molar-refractivity contribution in [2.75, 3.05) is 37.9 Å². The minimum Gasteiger partial charge on any atom is -0.376 e. The number of aryl methyl sites for hydroxylation is 1. The first kappa shape index (κ1) is 27.7. The molecule has 6 nitrogen and oxygen atoms in total. The van der Waals surface area contributed by atoms with Crippen molar-refractivity contribution >= 4 is 55.8 Å². The fourth-order valence-corrected chi connectivity index (χ4v) is 6.40. The second-order valence-electron chi connectivity index (χ2n) is 10.6. The number of likely N-dealkylation sites (N-methyl/N-ethyl adjacent to an activating group) is 1. The molecule has 0 amide bonds. The number of anilines is 2. The summed E-state index contributed by atoms with van der Waals surface area (Å²) in [5.74, 6) is 0. The molecule has 0 aliphatic rings. The molecule has 0 fully saturated rings. The second kappa shape index (κ2) is 11.7. The molecule has 2 aromatic heterocycles. The topological polar surface area (TPSA) is 67.1 Å². The number of hydrogen-bond acceptors (Lipinski definition) is 5. The molecule has 0 radical (unpaired) electrons. The van der Waals surface area contributed by atoms with E-state index in [1.54, 1.807) is 0 Å². The summed E-state index contributed by atoms with van der Waals surface area (Å²) in [5, 5.41) is 13.5. The molecule has 1 atom stereocenters. The van der Waals surface area contributed by atoms with Crippen LogP contribution in [-0.2, 0) is 13.0 Å². The highest BCUT2D eigenvalue weighted by Crippen LogP contribution is 2.35. The average molecular weight is 568 g/mol. The number of hydrogen-bond donors (Lipinski definition) is 2. The molecule has 1 unspecified atom stereocenters. The van der Waals surface area contributed by atoms with Crippen LogP contribution < -0.4 is 20.4 Å². The van der Waals surface area contributed by atoms with Gasteiger partial charge in [-0.15, -0.1) is 16.4 Å². The van der Waals surface area contributed by atoms with Gasteiger partial charge in [-0.05, 0) is 71.6 Å². The van der Waals surface area contributed by atoms with E-state index in [2.05, 4.69) is 107 Å². The zero-order chi connectivity index (χ0) is 28.3.